The predicted molar refractivity (Wildman–Crippen MR) is 133 cm³/mol. The van der Waals surface area contributed by atoms with E-state index < -0.39 is 5.60 Å². The normalized spacial score (nSPS) is 48.4. The summed E-state index contributed by atoms with van der Waals surface area (Å²) in [7, 11) is 0. The predicted octanol–water partition coefficient (Wildman–Crippen LogP) is 8.49. The summed E-state index contributed by atoms with van der Waals surface area (Å²) in [5.74, 6) is 6.38. The van der Waals surface area contributed by atoms with Crippen molar-refractivity contribution >= 4 is 0 Å². The minimum absolute atomic E-state index is 0.0885. The highest BCUT2D eigenvalue weighted by atomic mass is 16.3. The molecule has 4 rings (SSSR count). The summed E-state index contributed by atoms with van der Waals surface area (Å²) in [5.41, 5.74) is 0.584. The molecule has 0 unspecified atom stereocenters. The molecular weight excluding hydrogens is 376 g/mol. The lowest BCUT2D eigenvalue weighted by molar-refractivity contribution is -0.0964. The van der Waals surface area contributed by atoms with Crippen molar-refractivity contribution in [3.05, 3.63) is 0 Å². The Balaban J connectivity index is 1.50. The first-order valence-electron chi connectivity index (χ1n) is 14.0. The minimum atomic E-state index is -0.560. The van der Waals surface area contributed by atoms with Crippen molar-refractivity contribution in [1.29, 1.82) is 0 Å². The van der Waals surface area contributed by atoms with Crippen LogP contribution in [0.3, 0.4) is 0 Å². The maximum absolute atomic E-state index is 11.0. The third-order valence-corrected chi connectivity index (χ3v) is 12.2. The van der Waals surface area contributed by atoms with Crippen LogP contribution in [0.2, 0.25) is 0 Å². The van der Waals surface area contributed by atoms with Gasteiger partial charge in [-0.2, -0.15) is 0 Å². The van der Waals surface area contributed by atoms with Crippen LogP contribution in [-0.4, -0.2) is 10.7 Å². The fraction of sp³-hybridized carbons (Fsp3) is 1.00. The molecule has 4 aliphatic rings. The third-order valence-electron chi connectivity index (χ3n) is 12.2. The highest BCUT2D eigenvalue weighted by Crippen LogP contribution is 2.72. The van der Waals surface area contributed by atoms with Crippen LogP contribution < -0.4 is 0 Å². The Bertz CT molecular complexity index is 645. The molecule has 4 aliphatic carbocycles. The van der Waals surface area contributed by atoms with Gasteiger partial charge in [-0.05, 0) is 123 Å². The first-order valence-corrected chi connectivity index (χ1v) is 14.0. The SMILES string of the molecule is CC(C)CCC[C@@H](C)[C@H]1CC[C@H]2[C@@H]3CC[C@H]4C[C@@](C)(C(C)(C)O)C[C@]4(C)[C@H]3CC[C@]12C. The van der Waals surface area contributed by atoms with Gasteiger partial charge in [-0.3, -0.25) is 0 Å². The van der Waals surface area contributed by atoms with Gasteiger partial charge in [-0.15, -0.1) is 0 Å². The summed E-state index contributed by atoms with van der Waals surface area (Å²) >= 11 is 0. The Kier molecular flexibility index (Phi) is 6.24. The fourth-order valence-corrected chi connectivity index (χ4v) is 10.1. The Labute approximate surface area is 194 Å². The van der Waals surface area contributed by atoms with Gasteiger partial charge in [-0.25, -0.2) is 0 Å². The van der Waals surface area contributed by atoms with Crippen LogP contribution in [0, 0.1) is 57.7 Å². The molecule has 0 aromatic heterocycles. The zero-order chi connectivity index (χ0) is 22.8. The maximum atomic E-state index is 11.0. The molecule has 0 saturated heterocycles. The summed E-state index contributed by atoms with van der Waals surface area (Å²) in [6.07, 6.45) is 15.6. The van der Waals surface area contributed by atoms with E-state index in [0.717, 1.165) is 41.4 Å². The minimum Gasteiger partial charge on any atom is -0.390 e. The fourth-order valence-electron chi connectivity index (χ4n) is 10.1. The van der Waals surface area contributed by atoms with Crippen molar-refractivity contribution in [2.75, 3.05) is 0 Å². The summed E-state index contributed by atoms with van der Waals surface area (Å²) in [4.78, 5) is 0. The first-order chi connectivity index (χ1) is 14.3. The zero-order valence-corrected chi connectivity index (χ0v) is 22.3. The number of aliphatic hydroxyl groups is 1. The van der Waals surface area contributed by atoms with Crippen LogP contribution >= 0.6 is 0 Å². The van der Waals surface area contributed by atoms with Crippen molar-refractivity contribution in [3.63, 3.8) is 0 Å². The zero-order valence-electron chi connectivity index (χ0n) is 22.3. The molecule has 4 saturated carbocycles. The van der Waals surface area contributed by atoms with Gasteiger partial charge < -0.3 is 5.11 Å². The van der Waals surface area contributed by atoms with Crippen LogP contribution in [0.15, 0.2) is 0 Å². The molecule has 1 N–H and O–H groups in total. The van der Waals surface area contributed by atoms with Crippen molar-refractivity contribution in [2.24, 2.45) is 57.7 Å². The third kappa shape index (κ3) is 3.85. The molecule has 0 radical (unpaired) electrons. The highest BCUT2D eigenvalue weighted by molar-refractivity contribution is 5.14. The molecule has 0 heterocycles. The number of fused-ring (bicyclic) bond motifs is 5. The molecular formula is C30H54O. The van der Waals surface area contributed by atoms with Gasteiger partial charge in [0.1, 0.15) is 0 Å². The van der Waals surface area contributed by atoms with Crippen molar-refractivity contribution in [1.82, 2.24) is 0 Å². The summed E-state index contributed by atoms with van der Waals surface area (Å²) in [6, 6.07) is 0. The average molecular weight is 431 g/mol. The van der Waals surface area contributed by atoms with E-state index in [0.29, 0.717) is 10.8 Å². The molecule has 31 heavy (non-hydrogen) atoms. The standard InChI is InChI=1S/C30H54O/c1-20(2)10-9-11-21(3)24-14-15-25-23-13-12-22-18-28(6,27(4,5)31)19-30(22,8)26(23)16-17-29(24,25)7/h20-26,31H,9-19H2,1-8H3/t21-,22+,23+,24-,25+,26+,28-,29-,30+/m1/s1. The quantitative estimate of drug-likeness (QED) is 0.448. The Morgan fingerprint density at radius 1 is 0.871 bits per heavy atom. The molecule has 1 heteroatoms. The monoisotopic (exact) mass is 430 g/mol. The van der Waals surface area contributed by atoms with Crippen LogP contribution in [0.4, 0.5) is 0 Å². The van der Waals surface area contributed by atoms with E-state index in [1.54, 1.807) is 0 Å². The van der Waals surface area contributed by atoms with Gasteiger partial charge in [0.15, 0.2) is 0 Å². The Morgan fingerprint density at radius 3 is 2.19 bits per heavy atom. The van der Waals surface area contributed by atoms with Crippen molar-refractivity contribution in [2.45, 2.75) is 132 Å². The second kappa shape index (κ2) is 8.02. The number of rotatable bonds is 6. The van der Waals surface area contributed by atoms with Crippen LogP contribution in [0.25, 0.3) is 0 Å². The Morgan fingerprint density at radius 2 is 1.55 bits per heavy atom. The van der Waals surface area contributed by atoms with E-state index in [4.69, 9.17) is 0 Å². The largest absolute Gasteiger partial charge is 0.390 e. The van der Waals surface area contributed by atoms with Gasteiger partial charge in [0.2, 0.25) is 0 Å². The smallest absolute Gasteiger partial charge is 0.0645 e. The molecule has 9 atom stereocenters. The summed E-state index contributed by atoms with van der Waals surface area (Å²) in [6.45, 7) is 19.3. The molecule has 0 aliphatic heterocycles. The number of hydrogen-bond donors (Lipinski definition) is 1. The second-order valence-corrected chi connectivity index (χ2v) is 14.7. The van der Waals surface area contributed by atoms with Gasteiger partial charge in [0.25, 0.3) is 0 Å². The van der Waals surface area contributed by atoms with E-state index in [9.17, 15) is 5.11 Å². The Hall–Kier alpha value is -0.0400. The summed E-state index contributed by atoms with van der Waals surface area (Å²) < 4.78 is 0. The highest BCUT2D eigenvalue weighted by Gasteiger charge is 2.64. The van der Waals surface area contributed by atoms with E-state index in [1.165, 1.54) is 70.6 Å². The van der Waals surface area contributed by atoms with Crippen LogP contribution in [0.1, 0.15) is 126 Å². The lowest BCUT2D eigenvalue weighted by Gasteiger charge is -2.58. The van der Waals surface area contributed by atoms with E-state index >= 15 is 0 Å². The van der Waals surface area contributed by atoms with Gasteiger partial charge in [0.05, 0.1) is 5.60 Å². The topological polar surface area (TPSA) is 20.2 Å². The van der Waals surface area contributed by atoms with Gasteiger partial charge in [-0.1, -0.05) is 60.8 Å². The van der Waals surface area contributed by atoms with Gasteiger partial charge in [0, 0.05) is 0 Å². The van der Waals surface area contributed by atoms with E-state index in [1.807, 2.05) is 0 Å². The van der Waals surface area contributed by atoms with Crippen LogP contribution in [-0.2, 0) is 0 Å². The molecule has 0 amide bonds. The van der Waals surface area contributed by atoms with E-state index in [-0.39, 0.29) is 5.41 Å². The van der Waals surface area contributed by atoms with Crippen molar-refractivity contribution in [3.8, 4) is 0 Å². The maximum Gasteiger partial charge on any atom is 0.0645 e. The molecule has 180 valence electrons. The molecule has 1 nitrogen and oxygen atoms in total. The first kappa shape index (κ1) is 24.1. The molecule has 0 bridgehead atoms. The lowest BCUT2D eigenvalue weighted by atomic mass is 9.47. The van der Waals surface area contributed by atoms with Crippen LogP contribution in [0.5, 0.6) is 0 Å². The van der Waals surface area contributed by atoms with E-state index in [2.05, 4.69) is 55.4 Å². The molecule has 4 fully saturated rings. The molecule has 0 spiro atoms. The van der Waals surface area contributed by atoms with Gasteiger partial charge >= 0.3 is 0 Å². The molecule has 0 aromatic rings. The van der Waals surface area contributed by atoms with Crippen molar-refractivity contribution < 1.29 is 5.11 Å². The average Bonchev–Trinajstić information content (AvgIpc) is 3.14. The number of hydrogen-bond acceptors (Lipinski definition) is 1. The molecule has 0 aromatic carbocycles. The summed E-state index contributed by atoms with van der Waals surface area (Å²) in [5, 5.41) is 11.0. The lowest BCUT2D eigenvalue weighted by Crippen LogP contribution is -2.51. The second-order valence-electron chi connectivity index (χ2n) is 14.7.